The Morgan fingerprint density at radius 1 is 1.25 bits per heavy atom. The molecule has 1 aliphatic heterocycles. The SMILES string of the molecule is CC(CCNC(=O)NCC1CCOCC1)CCC(=O)O. The lowest BCUT2D eigenvalue weighted by Crippen LogP contribution is -2.40. The number of hydrogen-bond donors (Lipinski definition) is 3. The number of aliphatic carboxylic acids is 1. The van der Waals surface area contributed by atoms with Crippen molar-refractivity contribution in [3.05, 3.63) is 0 Å². The number of ether oxygens (including phenoxy) is 1. The minimum atomic E-state index is -0.765. The molecule has 1 rings (SSSR count). The molecule has 0 radical (unpaired) electrons. The Kier molecular flexibility index (Phi) is 8.02. The molecule has 116 valence electrons. The first-order chi connectivity index (χ1) is 9.58. The van der Waals surface area contributed by atoms with E-state index >= 15 is 0 Å². The summed E-state index contributed by atoms with van der Waals surface area (Å²) in [6.45, 7) is 4.86. The monoisotopic (exact) mass is 286 g/mol. The van der Waals surface area contributed by atoms with Crippen molar-refractivity contribution in [2.24, 2.45) is 11.8 Å². The maximum absolute atomic E-state index is 11.6. The third-order valence-corrected chi connectivity index (χ3v) is 3.67. The lowest BCUT2D eigenvalue weighted by atomic mass is 10.0. The first-order valence-electron chi connectivity index (χ1n) is 7.39. The average Bonchev–Trinajstić information content (AvgIpc) is 2.44. The van der Waals surface area contributed by atoms with Gasteiger partial charge in [0.05, 0.1) is 0 Å². The molecule has 1 fully saturated rings. The van der Waals surface area contributed by atoms with Gasteiger partial charge in [0.15, 0.2) is 0 Å². The number of rotatable bonds is 8. The lowest BCUT2D eigenvalue weighted by Gasteiger charge is -2.22. The molecule has 0 aromatic heterocycles. The molecule has 2 amide bonds. The van der Waals surface area contributed by atoms with Crippen molar-refractivity contribution in [3.8, 4) is 0 Å². The molecule has 1 unspecified atom stereocenters. The molecule has 0 spiro atoms. The van der Waals surface area contributed by atoms with E-state index in [1.807, 2.05) is 6.92 Å². The Labute approximate surface area is 120 Å². The third kappa shape index (κ3) is 7.99. The van der Waals surface area contributed by atoms with Gasteiger partial charge >= 0.3 is 12.0 Å². The van der Waals surface area contributed by atoms with Gasteiger partial charge in [0.25, 0.3) is 0 Å². The van der Waals surface area contributed by atoms with Crippen LogP contribution in [0, 0.1) is 11.8 Å². The van der Waals surface area contributed by atoms with E-state index in [9.17, 15) is 9.59 Å². The van der Waals surface area contributed by atoms with Gasteiger partial charge in [0.1, 0.15) is 0 Å². The number of carboxylic acid groups (broad SMARTS) is 1. The van der Waals surface area contributed by atoms with Crippen molar-refractivity contribution in [1.82, 2.24) is 10.6 Å². The zero-order chi connectivity index (χ0) is 14.8. The summed E-state index contributed by atoms with van der Waals surface area (Å²) in [5.41, 5.74) is 0. The van der Waals surface area contributed by atoms with E-state index in [1.54, 1.807) is 0 Å². The summed E-state index contributed by atoms with van der Waals surface area (Å²) in [7, 11) is 0. The molecule has 1 aliphatic rings. The molecule has 1 heterocycles. The normalized spacial score (nSPS) is 17.4. The molecule has 6 heteroatoms. The van der Waals surface area contributed by atoms with Crippen molar-refractivity contribution >= 4 is 12.0 Å². The molecule has 6 nitrogen and oxygen atoms in total. The van der Waals surface area contributed by atoms with Gasteiger partial charge in [-0.15, -0.1) is 0 Å². The highest BCUT2D eigenvalue weighted by molar-refractivity contribution is 5.73. The van der Waals surface area contributed by atoms with Crippen LogP contribution in [0.25, 0.3) is 0 Å². The highest BCUT2D eigenvalue weighted by atomic mass is 16.5. The maximum Gasteiger partial charge on any atom is 0.314 e. The summed E-state index contributed by atoms with van der Waals surface area (Å²) in [5, 5.41) is 14.3. The molecule has 0 aliphatic carbocycles. The van der Waals surface area contributed by atoms with Crippen LogP contribution in [0.15, 0.2) is 0 Å². The summed E-state index contributed by atoms with van der Waals surface area (Å²) < 4.78 is 5.27. The second-order valence-corrected chi connectivity index (χ2v) is 5.52. The number of amides is 2. The number of hydrogen-bond acceptors (Lipinski definition) is 3. The van der Waals surface area contributed by atoms with E-state index in [1.165, 1.54) is 0 Å². The number of carboxylic acids is 1. The predicted molar refractivity (Wildman–Crippen MR) is 75.6 cm³/mol. The zero-order valence-corrected chi connectivity index (χ0v) is 12.2. The summed E-state index contributed by atoms with van der Waals surface area (Å²) >= 11 is 0. The van der Waals surface area contributed by atoms with E-state index in [4.69, 9.17) is 9.84 Å². The van der Waals surface area contributed by atoms with E-state index < -0.39 is 5.97 Å². The number of urea groups is 1. The second kappa shape index (κ2) is 9.58. The number of carbonyl (C=O) groups excluding carboxylic acids is 1. The zero-order valence-electron chi connectivity index (χ0n) is 12.2. The van der Waals surface area contributed by atoms with Crippen molar-refractivity contribution in [2.45, 2.75) is 39.0 Å². The van der Waals surface area contributed by atoms with Crippen LogP contribution in [0.4, 0.5) is 4.79 Å². The molecule has 0 aromatic carbocycles. The second-order valence-electron chi connectivity index (χ2n) is 5.52. The smallest absolute Gasteiger partial charge is 0.314 e. The van der Waals surface area contributed by atoms with E-state index in [0.29, 0.717) is 31.3 Å². The van der Waals surface area contributed by atoms with Crippen LogP contribution in [0.5, 0.6) is 0 Å². The molecular weight excluding hydrogens is 260 g/mol. The number of carbonyl (C=O) groups is 2. The Morgan fingerprint density at radius 2 is 1.95 bits per heavy atom. The lowest BCUT2D eigenvalue weighted by molar-refractivity contribution is -0.137. The summed E-state index contributed by atoms with van der Waals surface area (Å²) in [6, 6.07) is -0.137. The van der Waals surface area contributed by atoms with Crippen LogP contribution in [-0.4, -0.2) is 43.4 Å². The van der Waals surface area contributed by atoms with Crippen LogP contribution in [0.1, 0.15) is 39.0 Å². The van der Waals surface area contributed by atoms with E-state index in [-0.39, 0.29) is 12.5 Å². The van der Waals surface area contributed by atoms with Crippen LogP contribution in [0.3, 0.4) is 0 Å². The fraction of sp³-hybridized carbons (Fsp3) is 0.857. The first-order valence-corrected chi connectivity index (χ1v) is 7.39. The fourth-order valence-corrected chi connectivity index (χ4v) is 2.20. The predicted octanol–water partition coefficient (Wildman–Crippen LogP) is 1.60. The Hall–Kier alpha value is -1.30. The highest BCUT2D eigenvalue weighted by Gasteiger charge is 2.14. The van der Waals surface area contributed by atoms with E-state index in [0.717, 1.165) is 32.5 Å². The van der Waals surface area contributed by atoms with Gasteiger partial charge in [0, 0.05) is 32.7 Å². The van der Waals surface area contributed by atoms with E-state index in [2.05, 4.69) is 10.6 Å². The molecule has 0 bridgehead atoms. The molecule has 0 saturated carbocycles. The minimum absolute atomic E-state index is 0.137. The van der Waals surface area contributed by atoms with Gasteiger partial charge in [-0.1, -0.05) is 6.92 Å². The Morgan fingerprint density at radius 3 is 2.60 bits per heavy atom. The van der Waals surface area contributed by atoms with Gasteiger partial charge in [-0.3, -0.25) is 4.79 Å². The van der Waals surface area contributed by atoms with Gasteiger partial charge in [0.2, 0.25) is 0 Å². The van der Waals surface area contributed by atoms with Crippen LogP contribution in [0.2, 0.25) is 0 Å². The fourth-order valence-electron chi connectivity index (χ4n) is 2.20. The largest absolute Gasteiger partial charge is 0.481 e. The van der Waals surface area contributed by atoms with Gasteiger partial charge in [-0.05, 0) is 37.5 Å². The topological polar surface area (TPSA) is 87.7 Å². The summed E-state index contributed by atoms with van der Waals surface area (Å²) in [6.07, 6.45) is 3.66. The minimum Gasteiger partial charge on any atom is -0.481 e. The van der Waals surface area contributed by atoms with Crippen LogP contribution in [-0.2, 0) is 9.53 Å². The number of nitrogens with one attached hydrogen (secondary N) is 2. The molecule has 0 aromatic rings. The van der Waals surface area contributed by atoms with Crippen molar-refractivity contribution in [3.63, 3.8) is 0 Å². The van der Waals surface area contributed by atoms with Gasteiger partial charge in [-0.25, -0.2) is 4.79 Å². The van der Waals surface area contributed by atoms with Crippen LogP contribution >= 0.6 is 0 Å². The highest BCUT2D eigenvalue weighted by Crippen LogP contribution is 2.13. The molecular formula is C14H26N2O4. The Balaban J connectivity index is 2.00. The average molecular weight is 286 g/mol. The quantitative estimate of drug-likeness (QED) is 0.632. The summed E-state index contributed by atoms with van der Waals surface area (Å²) in [4.78, 5) is 22.0. The molecule has 3 N–H and O–H groups in total. The molecule has 1 atom stereocenters. The maximum atomic E-state index is 11.6. The van der Waals surface area contributed by atoms with Crippen molar-refractivity contribution in [2.75, 3.05) is 26.3 Å². The van der Waals surface area contributed by atoms with Crippen LogP contribution < -0.4 is 10.6 Å². The van der Waals surface area contributed by atoms with Gasteiger partial charge < -0.3 is 20.5 Å². The standard InChI is InChI=1S/C14H26N2O4/c1-11(2-3-13(17)18)4-7-15-14(19)16-10-12-5-8-20-9-6-12/h11-12H,2-10H2,1H3,(H,17,18)(H2,15,16,19). The van der Waals surface area contributed by atoms with Crippen molar-refractivity contribution in [1.29, 1.82) is 0 Å². The van der Waals surface area contributed by atoms with Gasteiger partial charge in [-0.2, -0.15) is 0 Å². The summed E-state index contributed by atoms with van der Waals surface area (Å²) in [5.74, 6) is 0.0601. The third-order valence-electron chi connectivity index (χ3n) is 3.67. The molecule has 1 saturated heterocycles. The first kappa shape index (κ1) is 16.8. The Bertz CT molecular complexity index is 304. The van der Waals surface area contributed by atoms with Crippen molar-refractivity contribution < 1.29 is 19.4 Å². The molecule has 20 heavy (non-hydrogen) atoms.